The van der Waals surface area contributed by atoms with Crippen molar-refractivity contribution in [3.63, 3.8) is 0 Å². The van der Waals surface area contributed by atoms with E-state index in [-0.39, 0.29) is 0 Å². The van der Waals surface area contributed by atoms with Gasteiger partial charge < -0.3 is 14.6 Å². The highest BCUT2D eigenvalue weighted by Crippen LogP contribution is 2.27. The molecule has 0 saturated carbocycles. The lowest BCUT2D eigenvalue weighted by molar-refractivity contribution is 0.199. The first-order valence-corrected chi connectivity index (χ1v) is 6.87. The van der Waals surface area contributed by atoms with E-state index in [9.17, 15) is 0 Å². The summed E-state index contributed by atoms with van der Waals surface area (Å²) in [6, 6.07) is 1.97. The van der Waals surface area contributed by atoms with Gasteiger partial charge in [-0.05, 0) is 20.8 Å². The number of methoxy groups -OCH3 is 1. The van der Waals surface area contributed by atoms with Crippen LogP contribution in [-0.2, 0) is 17.8 Å². The van der Waals surface area contributed by atoms with Gasteiger partial charge in [0.15, 0.2) is 5.76 Å². The van der Waals surface area contributed by atoms with Crippen molar-refractivity contribution in [3.05, 3.63) is 23.1 Å². The number of hydrogen-bond donors (Lipinski definition) is 1. The molecule has 20 heavy (non-hydrogen) atoms. The van der Waals surface area contributed by atoms with E-state index in [0.29, 0.717) is 13.2 Å². The van der Waals surface area contributed by atoms with Crippen LogP contribution in [0, 0.1) is 13.8 Å². The number of nitrogens with zero attached hydrogens (tertiary/aromatic N) is 3. The monoisotopic (exact) mass is 278 g/mol. The van der Waals surface area contributed by atoms with Crippen LogP contribution in [-0.4, -0.2) is 35.2 Å². The predicted octanol–water partition coefficient (Wildman–Crippen LogP) is 1.91. The maximum absolute atomic E-state index is 5.45. The molecule has 0 aliphatic carbocycles. The average molecular weight is 278 g/mol. The Bertz CT molecular complexity index is 560. The summed E-state index contributed by atoms with van der Waals surface area (Å²) in [7, 11) is 1.69. The van der Waals surface area contributed by atoms with Crippen LogP contribution in [0.5, 0.6) is 0 Å². The summed E-state index contributed by atoms with van der Waals surface area (Å²) in [6.07, 6.45) is 0. The van der Waals surface area contributed by atoms with Crippen LogP contribution >= 0.6 is 0 Å². The lowest BCUT2D eigenvalue weighted by Crippen LogP contribution is -2.18. The molecule has 0 aliphatic heterocycles. The number of aromatic nitrogens is 3. The Morgan fingerprint density at radius 1 is 1.40 bits per heavy atom. The van der Waals surface area contributed by atoms with E-state index < -0.39 is 0 Å². The average Bonchev–Trinajstić information content (AvgIpc) is 2.99. The maximum Gasteiger partial charge on any atom is 0.170 e. The predicted molar refractivity (Wildman–Crippen MR) is 76.5 cm³/mol. The molecule has 0 aliphatic rings. The zero-order valence-electron chi connectivity index (χ0n) is 12.6. The molecular weight excluding hydrogens is 256 g/mol. The molecule has 0 atom stereocenters. The Morgan fingerprint density at radius 3 is 2.85 bits per heavy atom. The van der Waals surface area contributed by atoms with Gasteiger partial charge in [0.05, 0.1) is 23.6 Å². The largest absolute Gasteiger partial charge is 0.383 e. The molecule has 6 heteroatoms. The molecular formula is C14H22N4O2. The summed E-state index contributed by atoms with van der Waals surface area (Å²) in [4.78, 5) is 0. The van der Waals surface area contributed by atoms with Gasteiger partial charge in [0, 0.05) is 38.5 Å². The molecule has 2 aromatic heterocycles. The van der Waals surface area contributed by atoms with E-state index in [1.807, 2.05) is 17.7 Å². The molecule has 0 bridgehead atoms. The van der Waals surface area contributed by atoms with Crippen LogP contribution < -0.4 is 5.32 Å². The first kappa shape index (κ1) is 14.7. The molecule has 0 spiro atoms. The zero-order valence-corrected chi connectivity index (χ0v) is 12.6. The first-order valence-electron chi connectivity index (χ1n) is 6.87. The van der Waals surface area contributed by atoms with Crippen molar-refractivity contribution in [1.82, 2.24) is 20.3 Å². The van der Waals surface area contributed by atoms with Crippen LogP contribution in [0.3, 0.4) is 0 Å². The molecule has 0 saturated heterocycles. The number of hydrogen-bond acceptors (Lipinski definition) is 5. The Kier molecular flexibility index (Phi) is 4.92. The summed E-state index contributed by atoms with van der Waals surface area (Å²) in [5.74, 6) is 0.781. The lowest BCUT2D eigenvalue weighted by Gasteiger charge is -1.99. The summed E-state index contributed by atoms with van der Waals surface area (Å²) in [6.45, 7) is 9.13. The highest BCUT2D eigenvalue weighted by atomic mass is 16.5. The second-order valence-corrected chi connectivity index (χ2v) is 4.71. The Labute approximate surface area is 119 Å². The highest BCUT2D eigenvalue weighted by Gasteiger charge is 2.17. The fourth-order valence-corrected chi connectivity index (χ4v) is 2.27. The van der Waals surface area contributed by atoms with E-state index in [4.69, 9.17) is 9.26 Å². The van der Waals surface area contributed by atoms with Gasteiger partial charge in [0.25, 0.3) is 0 Å². The molecule has 6 nitrogen and oxygen atoms in total. The molecule has 2 aromatic rings. The quantitative estimate of drug-likeness (QED) is 0.784. The van der Waals surface area contributed by atoms with Gasteiger partial charge in [-0.25, -0.2) is 0 Å². The molecule has 0 unspecified atom stereocenters. The number of rotatable bonds is 7. The Balaban J connectivity index is 2.10. The van der Waals surface area contributed by atoms with E-state index in [2.05, 4.69) is 29.4 Å². The fraction of sp³-hybridized carbons (Fsp3) is 0.571. The van der Waals surface area contributed by atoms with Gasteiger partial charge >= 0.3 is 0 Å². The maximum atomic E-state index is 5.45. The second kappa shape index (κ2) is 6.67. The van der Waals surface area contributed by atoms with Crippen LogP contribution in [0.1, 0.15) is 24.0 Å². The normalized spacial score (nSPS) is 11.2. The fourth-order valence-electron chi connectivity index (χ4n) is 2.27. The molecule has 1 N–H and O–H groups in total. The Morgan fingerprint density at radius 2 is 2.20 bits per heavy atom. The smallest absolute Gasteiger partial charge is 0.170 e. The van der Waals surface area contributed by atoms with Gasteiger partial charge in [-0.3, -0.25) is 4.68 Å². The molecule has 2 rings (SSSR count). The summed E-state index contributed by atoms with van der Waals surface area (Å²) < 4.78 is 12.4. The van der Waals surface area contributed by atoms with E-state index in [1.165, 1.54) is 0 Å². The summed E-state index contributed by atoms with van der Waals surface area (Å²) in [5, 5.41) is 11.8. The zero-order chi connectivity index (χ0) is 14.5. The van der Waals surface area contributed by atoms with Crippen LogP contribution in [0.2, 0.25) is 0 Å². The molecule has 0 amide bonds. The third-order valence-corrected chi connectivity index (χ3v) is 3.28. The molecule has 2 heterocycles. The van der Waals surface area contributed by atoms with E-state index >= 15 is 0 Å². The molecule has 0 fully saturated rings. The molecule has 0 radical (unpaired) electrons. The number of nitrogens with one attached hydrogen (secondary N) is 1. The minimum absolute atomic E-state index is 0.673. The van der Waals surface area contributed by atoms with Crippen LogP contribution in [0.25, 0.3) is 11.3 Å². The lowest BCUT2D eigenvalue weighted by atomic mass is 10.1. The van der Waals surface area contributed by atoms with Crippen molar-refractivity contribution >= 4 is 0 Å². The second-order valence-electron chi connectivity index (χ2n) is 4.71. The van der Waals surface area contributed by atoms with Crippen molar-refractivity contribution in [3.8, 4) is 11.3 Å². The third kappa shape index (κ3) is 3.08. The topological polar surface area (TPSA) is 65.1 Å². The summed E-state index contributed by atoms with van der Waals surface area (Å²) >= 11 is 0. The van der Waals surface area contributed by atoms with Gasteiger partial charge in [-0.15, -0.1) is 0 Å². The van der Waals surface area contributed by atoms with Crippen molar-refractivity contribution < 1.29 is 9.26 Å². The van der Waals surface area contributed by atoms with Gasteiger partial charge in [-0.2, -0.15) is 5.10 Å². The van der Waals surface area contributed by atoms with Gasteiger partial charge in [0.1, 0.15) is 0 Å². The summed E-state index contributed by atoms with van der Waals surface area (Å²) in [5.41, 5.74) is 4.01. The van der Waals surface area contributed by atoms with Crippen LogP contribution in [0.15, 0.2) is 10.6 Å². The number of aryl methyl sites for hydroxylation is 2. The molecule has 110 valence electrons. The van der Waals surface area contributed by atoms with Crippen molar-refractivity contribution in [2.24, 2.45) is 0 Å². The SMILES string of the molecule is CCn1nc(C)c(-c2cc(CNCCOC)no2)c1C. The highest BCUT2D eigenvalue weighted by molar-refractivity contribution is 5.63. The van der Waals surface area contributed by atoms with E-state index in [0.717, 1.165) is 41.5 Å². The van der Waals surface area contributed by atoms with Crippen molar-refractivity contribution in [2.45, 2.75) is 33.9 Å². The minimum Gasteiger partial charge on any atom is -0.383 e. The minimum atomic E-state index is 0.673. The number of ether oxygens (including phenoxy) is 1. The van der Waals surface area contributed by atoms with Crippen molar-refractivity contribution in [1.29, 1.82) is 0 Å². The van der Waals surface area contributed by atoms with Gasteiger partial charge in [-0.1, -0.05) is 5.16 Å². The third-order valence-electron chi connectivity index (χ3n) is 3.28. The van der Waals surface area contributed by atoms with Crippen LogP contribution in [0.4, 0.5) is 0 Å². The first-order chi connectivity index (χ1) is 9.67. The van der Waals surface area contributed by atoms with Gasteiger partial charge in [0.2, 0.25) is 0 Å². The van der Waals surface area contributed by atoms with Crippen molar-refractivity contribution in [2.75, 3.05) is 20.3 Å². The van der Waals surface area contributed by atoms with E-state index in [1.54, 1.807) is 7.11 Å². The molecule has 0 aromatic carbocycles. The standard InChI is InChI=1S/C14H22N4O2/c1-5-18-11(3)14(10(2)16-18)13-8-12(17-20-13)9-15-6-7-19-4/h8,15H,5-7,9H2,1-4H3. The Hall–Kier alpha value is -1.66.